The zero-order valence-corrected chi connectivity index (χ0v) is 17.7. The Morgan fingerprint density at radius 2 is 2.10 bits per heavy atom. The number of aromatic hydroxyl groups is 2. The fraction of sp³-hybridized carbons (Fsp3) is 0.381. The third kappa shape index (κ3) is 5.77. The number of fused-ring (bicyclic) bond motifs is 2. The Hall–Kier alpha value is -3.04. The maximum atomic E-state index is 12.8. The number of cyclic esters (lactones) is 1. The van der Waals surface area contributed by atoms with E-state index in [4.69, 9.17) is 25.9 Å². The largest absolute Gasteiger partial charge is 0.507 e. The molecule has 0 aliphatic carbocycles. The van der Waals surface area contributed by atoms with Gasteiger partial charge in [-0.3, -0.25) is 0 Å². The zero-order chi connectivity index (χ0) is 22.5. The van der Waals surface area contributed by atoms with Gasteiger partial charge in [-0.2, -0.15) is 0 Å². The monoisotopic (exact) mass is 451 g/mol. The van der Waals surface area contributed by atoms with Gasteiger partial charge >= 0.3 is 11.9 Å². The molecule has 0 aromatic heterocycles. The van der Waals surface area contributed by atoms with Crippen LogP contribution in [0.2, 0.25) is 5.02 Å². The second kappa shape index (κ2) is 9.84. The normalized spacial score (nSPS) is 25.6. The molecule has 9 nitrogen and oxygen atoms in total. The number of carbonyl (C=O) groups excluding carboxylic acids is 2. The number of allylic oxidation sites excluding steroid dienone is 3. The van der Waals surface area contributed by atoms with Crippen molar-refractivity contribution in [2.24, 2.45) is 5.16 Å². The first-order chi connectivity index (χ1) is 14.8. The maximum Gasteiger partial charge on any atom is 0.346 e. The Morgan fingerprint density at radius 1 is 1.32 bits per heavy atom. The van der Waals surface area contributed by atoms with Crippen LogP contribution >= 0.6 is 11.6 Å². The molecule has 1 aromatic rings. The van der Waals surface area contributed by atoms with E-state index in [2.05, 4.69) is 9.89 Å². The van der Waals surface area contributed by atoms with Gasteiger partial charge in [0, 0.05) is 18.9 Å². The van der Waals surface area contributed by atoms with Gasteiger partial charge in [0.05, 0.1) is 23.9 Å². The van der Waals surface area contributed by atoms with Crippen molar-refractivity contribution in [2.75, 3.05) is 13.7 Å². The van der Waals surface area contributed by atoms with E-state index in [0.29, 0.717) is 6.42 Å². The van der Waals surface area contributed by atoms with Crippen molar-refractivity contribution in [1.82, 2.24) is 0 Å². The molecule has 3 rings (SSSR count). The molecule has 2 aliphatic heterocycles. The number of hydrogen-bond donors (Lipinski definition) is 2. The molecule has 0 spiro atoms. The molecule has 31 heavy (non-hydrogen) atoms. The van der Waals surface area contributed by atoms with Crippen molar-refractivity contribution in [2.45, 2.75) is 38.1 Å². The molecule has 0 saturated carbocycles. The lowest BCUT2D eigenvalue weighted by molar-refractivity contribution is -0.145. The SMILES string of the molecule is COC(=O)CON=C1C=C/C=C\[C@H]2O[C@@H]2C[C@@H](C)OC(=O)c2c(O)cc(O)c(Cl)c2C1. The van der Waals surface area contributed by atoms with Crippen LogP contribution in [0.15, 0.2) is 35.5 Å². The number of phenolic OH excluding ortho intramolecular Hbond substituents is 2. The van der Waals surface area contributed by atoms with E-state index in [0.717, 1.165) is 6.07 Å². The Bertz CT molecular complexity index is 955. The number of esters is 2. The summed E-state index contributed by atoms with van der Waals surface area (Å²) in [6.07, 6.45) is 6.62. The summed E-state index contributed by atoms with van der Waals surface area (Å²) in [4.78, 5) is 29.1. The quantitative estimate of drug-likeness (QED) is 0.408. The average Bonchev–Trinajstić information content (AvgIpc) is 3.45. The van der Waals surface area contributed by atoms with Crippen LogP contribution in [0.25, 0.3) is 0 Å². The van der Waals surface area contributed by atoms with Crippen LogP contribution in [0.1, 0.15) is 29.3 Å². The first kappa shape index (κ1) is 22.6. The van der Waals surface area contributed by atoms with E-state index in [-0.39, 0.29) is 40.5 Å². The van der Waals surface area contributed by atoms with Gasteiger partial charge in [0.15, 0.2) is 0 Å². The van der Waals surface area contributed by atoms with Crippen LogP contribution in [-0.4, -0.2) is 59.9 Å². The van der Waals surface area contributed by atoms with E-state index in [1.165, 1.54) is 7.11 Å². The smallest absolute Gasteiger partial charge is 0.346 e. The highest BCUT2D eigenvalue weighted by molar-refractivity contribution is 6.33. The third-order valence-corrected chi connectivity index (χ3v) is 5.09. The number of oxime groups is 1. The Balaban J connectivity index is 2.00. The number of ether oxygens (including phenoxy) is 3. The van der Waals surface area contributed by atoms with Crippen LogP contribution in [0.5, 0.6) is 11.5 Å². The standard InChI is InChI=1S/C21H22ClNO8/c1-11-7-17-16(31-17)6-4-3-5-12(23-29-10-18(26)28-2)8-13-19(21(27)30-11)14(24)9-15(25)20(13)22/h3-6,9,11,16-17,24-25H,7-8,10H2,1-2H3/b5-3?,6-4-,23-12?/t11-,16-,17-/m1/s1. The number of carbonyl (C=O) groups is 2. The number of nitrogens with zero attached hydrogens (tertiary/aromatic N) is 1. The van der Waals surface area contributed by atoms with Crippen LogP contribution in [0.4, 0.5) is 0 Å². The fourth-order valence-corrected chi connectivity index (χ4v) is 3.30. The highest BCUT2D eigenvalue weighted by atomic mass is 35.5. The molecule has 0 radical (unpaired) electrons. The Labute approximate surface area is 183 Å². The van der Waals surface area contributed by atoms with Gasteiger partial charge in [-0.15, -0.1) is 0 Å². The van der Waals surface area contributed by atoms with E-state index in [1.807, 2.05) is 6.08 Å². The number of benzene rings is 1. The fourth-order valence-electron chi connectivity index (χ4n) is 3.08. The number of phenols is 2. The molecule has 1 saturated heterocycles. The molecule has 2 N–H and O–H groups in total. The number of rotatable bonds is 3. The second-order valence-corrected chi connectivity index (χ2v) is 7.40. The predicted molar refractivity (Wildman–Crippen MR) is 110 cm³/mol. The lowest BCUT2D eigenvalue weighted by Gasteiger charge is -2.17. The molecule has 166 valence electrons. The summed E-state index contributed by atoms with van der Waals surface area (Å²) in [5.41, 5.74) is 0.167. The highest BCUT2D eigenvalue weighted by Crippen LogP contribution is 2.38. The van der Waals surface area contributed by atoms with Crippen molar-refractivity contribution >= 4 is 29.3 Å². The lowest BCUT2D eigenvalue weighted by Crippen LogP contribution is -2.20. The molecule has 2 heterocycles. The van der Waals surface area contributed by atoms with Gasteiger partial charge in [-0.05, 0) is 18.6 Å². The van der Waals surface area contributed by atoms with Gasteiger partial charge < -0.3 is 29.3 Å². The molecular formula is C21H22ClNO8. The number of epoxide rings is 1. The van der Waals surface area contributed by atoms with E-state index >= 15 is 0 Å². The minimum atomic E-state index is -0.800. The second-order valence-electron chi connectivity index (χ2n) is 7.03. The summed E-state index contributed by atoms with van der Waals surface area (Å²) in [5, 5.41) is 24.2. The lowest BCUT2D eigenvalue weighted by atomic mass is 9.99. The average molecular weight is 452 g/mol. The molecule has 3 atom stereocenters. The van der Waals surface area contributed by atoms with Crippen molar-refractivity contribution in [1.29, 1.82) is 0 Å². The van der Waals surface area contributed by atoms with Crippen LogP contribution in [0.3, 0.4) is 0 Å². The van der Waals surface area contributed by atoms with Gasteiger partial charge in [0.1, 0.15) is 29.3 Å². The van der Waals surface area contributed by atoms with Crippen molar-refractivity contribution in [3.63, 3.8) is 0 Å². The molecule has 10 heteroatoms. The van der Waals surface area contributed by atoms with Gasteiger partial charge in [-0.1, -0.05) is 35.0 Å². The minimum Gasteiger partial charge on any atom is -0.507 e. The van der Waals surface area contributed by atoms with Crippen LogP contribution < -0.4 is 0 Å². The van der Waals surface area contributed by atoms with Gasteiger partial charge in [0.2, 0.25) is 6.61 Å². The number of methoxy groups -OCH3 is 1. The summed E-state index contributed by atoms with van der Waals surface area (Å²) in [7, 11) is 1.21. The number of hydrogen-bond acceptors (Lipinski definition) is 9. The van der Waals surface area contributed by atoms with Crippen molar-refractivity contribution in [3.8, 4) is 11.5 Å². The summed E-state index contributed by atoms with van der Waals surface area (Å²) in [6.45, 7) is 1.30. The van der Waals surface area contributed by atoms with Crippen molar-refractivity contribution in [3.05, 3.63) is 46.5 Å². The highest BCUT2D eigenvalue weighted by Gasteiger charge is 2.38. The molecule has 0 bridgehead atoms. The Kier molecular flexibility index (Phi) is 7.19. The van der Waals surface area contributed by atoms with Gasteiger partial charge in [-0.25, -0.2) is 9.59 Å². The van der Waals surface area contributed by atoms with Gasteiger partial charge in [0.25, 0.3) is 0 Å². The molecular weight excluding hydrogens is 430 g/mol. The summed E-state index contributed by atoms with van der Waals surface area (Å²) in [6, 6.07) is 0.972. The van der Waals surface area contributed by atoms with Crippen LogP contribution in [-0.2, 0) is 30.3 Å². The predicted octanol–water partition coefficient (Wildman–Crippen LogP) is 2.67. The molecule has 1 aromatic carbocycles. The molecule has 1 fully saturated rings. The summed E-state index contributed by atoms with van der Waals surface area (Å²) >= 11 is 6.24. The molecule has 2 aliphatic rings. The van der Waals surface area contributed by atoms with E-state index < -0.39 is 36.1 Å². The summed E-state index contributed by atoms with van der Waals surface area (Å²) in [5.74, 6) is -2.32. The Morgan fingerprint density at radius 3 is 2.84 bits per heavy atom. The van der Waals surface area contributed by atoms with E-state index in [1.54, 1.807) is 25.2 Å². The first-order valence-electron chi connectivity index (χ1n) is 9.50. The summed E-state index contributed by atoms with van der Waals surface area (Å²) < 4.78 is 15.5. The zero-order valence-electron chi connectivity index (χ0n) is 16.9. The minimum absolute atomic E-state index is 0.0802. The van der Waals surface area contributed by atoms with Crippen LogP contribution in [0, 0.1) is 0 Å². The molecule has 0 amide bonds. The third-order valence-electron chi connectivity index (χ3n) is 4.67. The van der Waals surface area contributed by atoms with E-state index in [9.17, 15) is 19.8 Å². The molecule has 0 unspecified atom stereocenters. The first-order valence-corrected chi connectivity index (χ1v) is 9.88. The maximum absolute atomic E-state index is 12.8. The number of halogens is 1. The topological polar surface area (TPSA) is 127 Å². The van der Waals surface area contributed by atoms with Crippen molar-refractivity contribution < 1.29 is 38.9 Å².